The molecule has 0 radical (unpaired) electrons. The van der Waals surface area contributed by atoms with E-state index >= 15 is 0 Å². The molecule has 2 aliphatic heterocycles. The van der Waals surface area contributed by atoms with Crippen LogP contribution < -0.4 is 25.7 Å². The number of aromatic nitrogens is 6. The molecule has 13 nitrogen and oxygen atoms in total. The zero-order valence-electron chi connectivity index (χ0n) is 21.6. The minimum absolute atomic E-state index is 0.253. The SMILES string of the molecule is COc1c(Nc2cc(Nc3cccc(N4CC(OC)C4)n3)nc3c2CN(C)N3)cccc1-c1nnn(C)n1. The molecule has 0 amide bonds. The summed E-state index contributed by atoms with van der Waals surface area (Å²) in [5.41, 5.74) is 6.76. The van der Waals surface area contributed by atoms with Crippen LogP contribution in [0.4, 0.5) is 34.6 Å². The minimum Gasteiger partial charge on any atom is -0.494 e. The molecule has 1 saturated heterocycles. The minimum atomic E-state index is 0.253. The van der Waals surface area contributed by atoms with Crippen molar-refractivity contribution in [3.8, 4) is 17.1 Å². The summed E-state index contributed by atoms with van der Waals surface area (Å²) >= 11 is 0. The van der Waals surface area contributed by atoms with Gasteiger partial charge in [0.1, 0.15) is 23.3 Å². The lowest BCUT2D eigenvalue weighted by Gasteiger charge is -2.39. The number of benzene rings is 1. The second-order valence-electron chi connectivity index (χ2n) is 9.23. The van der Waals surface area contributed by atoms with E-state index < -0.39 is 0 Å². The first-order chi connectivity index (χ1) is 18.5. The molecule has 1 fully saturated rings. The zero-order valence-corrected chi connectivity index (χ0v) is 21.6. The van der Waals surface area contributed by atoms with Crippen molar-refractivity contribution in [3.63, 3.8) is 0 Å². The maximum atomic E-state index is 5.79. The molecular weight excluding hydrogens is 486 g/mol. The number of rotatable bonds is 8. The van der Waals surface area contributed by atoms with Gasteiger partial charge >= 0.3 is 0 Å². The molecule has 6 rings (SSSR count). The summed E-state index contributed by atoms with van der Waals surface area (Å²) in [5, 5.41) is 21.4. The first kappa shape index (κ1) is 23.9. The normalized spacial score (nSPS) is 15.1. The average Bonchev–Trinajstić information content (AvgIpc) is 3.48. The summed E-state index contributed by atoms with van der Waals surface area (Å²) in [5.74, 6) is 4.15. The van der Waals surface area contributed by atoms with Gasteiger partial charge in [-0.3, -0.25) is 0 Å². The smallest absolute Gasteiger partial charge is 0.208 e. The fraction of sp³-hybridized carbons (Fsp3) is 0.320. The van der Waals surface area contributed by atoms with Gasteiger partial charge < -0.3 is 30.4 Å². The Bertz CT molecular complexity index is 1470. The number of ether oxygens (including phenoxy) is 2. The lowest BCUT2D eigenvalue weighted by atomic mass is 10.1. The third-order valence-corrected chi connectivity index (χ3v) is 6.55. The number of para-hydroxylation sites is 1. The van der Waals surface area contributed by atoms with E-state index in [4.69, 9.17) is 19.4 Å². The summed E-state index contributed by atoms with van der Waals surface area (Å²) in [7, 11) is 7.08. The Balaban J connectivity index is 1.31. The zero-order chi connectivity index (χ0) is 26.2. The average molecular weight is 516 g/mol. The van der Waals surface area contributed by atoms with Gasteiger partial charge in [-0.2, -0.15) is 4.80 Å². The number of nitrogens with one attached hydrogen (secondary N) is 3. The fourth-order valence-electron chi connectivity index (χ4n) is 4.60. The van der Waals surface area contributed by atoms with E-state index in [-0.39, 0.29) is 6.10 Å². The van der Waals surface area contributed by atoms with Crippen LogP contribution >= 0.6 is 0 Å². The molecule has 13 heteroatoms. The molecule has 3 N–H and O–H groups in total. The molecule has 2 aliphatic rings. The highest BCUT2D eigenvalue weighted by molar-refractivity contribution is 5.81. The van der Waals surface area contributed by atoms with E-state index in [1.54, 1.807) is 21.3 Å². The highest BCUT2D eigenvalue weighted by Crippen LogP contribution is 2.40. The Morgan fingerprint density at radius 2 is 1.82 bits per heavy atom. The van der Waals surface area contributed by atoms with Gasteiger partial charge in [-0.25, -0.2) is 15.0 Å². The van der Waals surface area contributed by atoms with Crippen LogP contribution in [0, 0.1) is 0 Å². The number of aryl methyl sites for hydroxylation is 1. The van der Waals surface area contributed by atoms with Crippen LogP contribution in [0.2, 0.25) is 0 Å². The van der Waals surface area contributed by atoms with Crippen LogP contribution in [-0.2, 0) is 18.3 Å². The van der Waals surface area contributed by atoms with Gasteiger partial charge in [0.15, 0.2) is 5.75 Å². The summed E-state index contributed by atoms with van der Waals surface area (Å²) in [6, 6.07) is 13.7. The lowest BCUT2D eigenvalue weighted by Crippen LogP contribution is -2.52. The number of nitrogens with zero attached hydrogens (tertiary/aromatic N) is 8. The number of anilines is 6. The number of hydrogen-bond acceptors (Lipinski definition) is 12. The number of pyridine rings is 2. The number of fused-ring (bicyclic) bond motifs is 1. The molecule has 0 aliphatic carbocycles. The fourth-order valence-corrected chi connectivity index (χ4v) is 4.60. The number of hydrazine groups is 1. The Hall–Kier alpha value is -4.49. The highest BCUT2D eigenvalue weighted by Gasteiger charge is 2.28. The van der Waals surface area contributed by atoms with Crippen LogP contribution in [0.15, 0.2) is 42.5 Å². The molecular formula is C25H29N11O2. The van der Waals surface area contributed by atoms with Gasteiger partial charge in [0.25, 0.3) is 0 Å². The van der Waals surface area contributed by atoms with E-state index in [2.05, 4.69) is 36.4 Å². The molecule has 196 valence electrons. The number of hydrogen-bond donors (Lipinski definition) is 3. The lowest BCUT2D eigenvalue weighted by molar-refractivity contribution is 0.0783. The summed E-state index contributed by atoms with van der Waals surface area (Å²) < 4.78 is 11.2. The first-order valence-electron chi connectivity index (χ1n) is 12.2. The standard InChI is InChI=1S/C25H29N11O2/c1-34-14-17-19(26-18-8-5-7-16(23(18)38-4)25-30-33-35(2)32-25)11-21(29-24(17)31-34)27-20-9-6-10-22(28-20)36-12-15(13-36)37-3/h5-11,15H,12-14H2,1-4H3,(H3,26,27,28,29,31). The Morgan fingerprint density at radius 3 is 2.58 bits per heavy atom. The molecule has 0 unspecified atom stereocenters. The Morgan fingerprint density at radius 1 is 0.974 bits per heavy atom. The van der Waals surface area contributed by atoms with Crippen molar-refractivity contribution in [2.75, 3.05) is 55.3 Å². The van der Waals surface area contributed by atoms with E-state index in [9.17, 15) is 0 Å². The van der Waals surface area contributed by atoms with E-state index in [0.717, 1.165) is 47.2 Å². The Labute approximate surface area is 219 Å². The molecule has 1 aromatic carbocycles. The monoisotopic (exact) mass is 515 g/mol. The van der Waals surface area contributed by atoms with Gasteiger partial charge in [-0.05, 0) is 29.5 Å². The summed E-state index contributed by atoms with van der Waals surface area (Å²) in [6.07, 6.45) is 0.253. The second-order valence-corrected chi connectivity index (χ2v) is 9.23. The van der Waals surface area contributed by atoms with Crippen molar-refractivity contribution in [1.82, 2.24) is 35.2 Å². The van der Waals surface area contributed by atoms with Crippen LogP contribution in [0.5, 0.6) is 5.75 Å². The predicted molar refractivity (Wildman–Crippen MR) is 144 cm³/mol. The van der Waals surface area contributed by atoms with Crippen molar-refractivity contribution < 1.29 is 9.47 Å². The van der Waals surface area contributed by atoms with Gasteiger partial charge in [-0.1, -0.05) is 12.1 Å². The third kappa shape index (κ3) is 4.53. The molecule has 0 bridgehead atoms. The second kappa shape index (κ2) is 9.76. The van der Waals surface area contributed by atoms with Crippen LogP contribution in [-0.4, -0.2) is 75.6 Å². The van der Waals surface area contributed by atoms with Crippen molar-refractivity contribution >= 4 is 34.6 Å². The summed E-state index contributed by atoms with van der Waals surface area (Å²) in [4.78, 5) is 13.2. The van der Waals surface area contributed by atoms with E-state index in [1.807, 2.05) is 54.5 Å². The molecule has 3 aromatic heterocycles. The largest absolute Gasteiger partial charge is 0.494 e. The van der Waals surface area contributed by atoms with Crippen molar-refractivity contribution in [2.45, 2.75) is 12.6 Å². The maximum Gasteiger partial charge on any atom is 0.208 e. The molecule has 4 aromatic rings. The van der Waals surface area contributed by atoms with E-state index in [1.165, 1.54) is 4.80 Å². The van der Waals surface area contributed by atoms with Gasteiger partial charge in [0.05, 0.1) is 37.2 Å². The highest BCUT2D eigenvalue weighted by atomic mass is 16.5. The first-order valence-corrected chi connectivity index (χ1v) is 12.2. The molecule has 5 heterocycles. The summed E-state index contributed by atoms with van der Waals surface area (Å²) in [6.45, 7) is 2.35. The van der Waals surface area contributed by atoms with Gasteiger partial charge in [0, 0.05) is 45.4 Å². The van der Waals surface area contributed by atoms with Crippen molar-refractivity contribution in [1.29, 1.82) is 0 Å². The van der Waals surface area contributed by atoms with Crippen LogP contribution in [0.25, 0.3) is 11.4 Å². The number of tetrazole rings is 1. The predicted octanol–water partition coefficient (Wildman–Crippen LogP) is 2.77. The van der Waals surface area contributed by atoms with Gasteiger partial charge in [0.2, 0.25) is 5.82 Å². The Kier molecular flexibility index (Phi) is 6.13. The van der Waals surface area contributed by atoms with Crippen LogP contribution in [0.3, 0.4) is 0 Å². The molecule has 38 heavy (non-hydrogen) atoms. The quantitative estimate of drug-likeness (QED) is 0.319. The molecule has 0 saturated carbocycles. The van der Waals surface area contributed by atoms with E-state index in [0.29, 0.717) is 29.8 Å². The van der Waals surface area contributed by atoms with Gasteiger partial charge in [-0.15, -0.1) is 10.2 Å². The van der Waals surface area contributed by atoms with Crippen molar-refractivity contribution in [3.05, 3.63) is 48.0 Å². The topological polar surface area (TPSA) is 130 Å². The molecule has 0 atom stereocenters. The van der Waals surface area contributed by atoms with Crippen LogP contribution in [0.1, 0.15) is 5.56 Å². The molecule has 0 spiro atoms. The maximum absolute atomic E-state index is 5.79. The van der Waals surface area contributed by atoms with Crippen molar-refractivity contribution in [2.24, 2.45) is 7.05 Å². The number of methoxy groups -OCH3 is 2. The third-order valence-electron chi connectivity index (χ3n) is 6.55.